The van der Waals surface area contributed by atoms with Gasteiger partial charge in [-0.15, -0.1) is 0 Å². The molecule has 0 saturated heterocycles. The molecule has 1 amide bonds. The van der Waals surface area contributed by atoms with Gasteiger partial charge in [0.1, 0.15) is 0 Å². The van der Waals surface area contributed by atoms with Gasteiger partial charge in [0, 0.05) is 5.69 Å². The van der Waals surface area contributed by atoms with Crippen molar-refractivity contribution in [3.63, 3.8) is 0 Å². The number of aryl methyl sites for hydroxylation is 1. The Labute approximate surface area is 180 Å². The molecule has 0 aliphatic heterocycles. The molecule has 1 N–H and O–H groups in total. The summed E-state index contributed by atoms with van der Waals surface area (Å²) in [4.78, 5) is 36.7. The molecule has 0 aliphatic carbocycles. The second-order valence-electron chi connectivity index (χ2n) is 6.86. The normalized spacial score (nSPS) is 11.2. The lowest BCUT2D eigenvalue weighted by molar-refractivity contribution is -0.137. The predicted octanol–water partition coefficient (Wildman–Crippen LogP) is 4.12. The summed E-state index contributed by atoms with van der Waals surface area (Å²) in [6.07, 6.45) is -4.53. The Morgan fingerprint density at radius 1 is 1.03 bits per heavy atom. The Morgan fingerprint density at radius 3 is 2.28 bits per heavy atom. The van der Waals surface area contributed by atoms with Crippen molar-refractivity contribution >= 4 is 23.3 Å². The first kappa shape index (κ1) is 22.7. The van der Waals surface area contributed by atoms with E-state index in [4.69, 9.17) is 0 Å². The lowest BCUT2D eigenvalue weighted by Gasteiger charge is -2.10. The molecule has 0 saturated carbocycles. The number of aromatic nitrogens is 2. The summed E-state index contributed by atoms with van der Waals surface area (Å²) < 4.78 is 44.9. The van der Waals surface area contributed by atoms with Crippen LogP contribution in [0.4, 0.5) is 18.9 Å². The summed E-state index contributed by atoms with van der Waals surface area (Å²) in [6, 6.07) is 10.2. The Balaban J connectivity index is 1.86. The number of benzene rings is 2. The molecule has 166 valence electrons. The van der Waals surface area contributed by atoms with Gasteiger partial charge < -0.3 is 10.1 Å². The number of carbonyl (C=O) groups is 3. The van der Waals surface area contributed by atoms with Crippen LogP contribution in [-0.2, 0) is 15.7 Å². The Kier molecular flexibility index (Phi) is 6.15. The van der Waals surface area contributed by atoms with Crippen LogP contribution >= 0.6 is 0 Å². The molecular weight excluding hydrogens is 427 g/mol. The van der Waals surface area contributed by atoms with Gasteiger partial charge in [-0.3, -0.25) is 9.59 Å². The standard InChI is InChI=1S/C22H18F3N3O4/c1-12-18(13(2)28(27-12)17-6-4-5-15(11-17)22(23,24)25)19(29)20(30)26-16-9-7-14(8-10-16)21(31)32-3/h4-11H,1-3H3,(H,26,30). The molecular formula is C22H18F3N3O4. The summed E-state index contributed by atoms with van der Waals surface area (Å²) in [7, 11) is 1.24. The smallest absolute Gasteiger partial charge is 0.416 e. The van der Waals surface area contributed by atoms with Crippen LogP contribution in [0.15, 0.2) is 48.5 Å². The molecule has 1 aromatic heterocycles. The van der Waals surface area contributed by atoms with Gasteiger partial charge in [0.05, 0.1) is 40.9 Å². The number of ether oxygens (including phenoxy) is 1. The van der Waals surface area contributed by atoms with Crippen LogP contribution in [-0.4, -0.2) is 34.6 Å². The molecule has 32 heavy (non-hydrogen) atoms. The Morgan fingerprint density at radius 2 is 1.69 bits per heavy atom. The zero-order valence-corrected chi connectivity index (χ0v) is 17.3. The molecule has 0 radical (unpaired) electrons. The van der Waals surface area contributed by atoms with Gasteiger partial charge in [0.2, 0.25) is 0 Å². The molecule has 3 rings (SSSR count). The number of Topliss-reactive ketones (excluding diaryl/α,β-unsaturated/α-hetero) is 1. The third-order valence-corrected chi connectivity index (χ3v) is 4.71. The fraction of sp³-hybridized carbons (Fsp3) is 0.182. The van der Waals surface area contributed by atoms with Crippen LogP contribution in [0.3, 0.4) is 0 Å². The number of alkyl halides is 3. The van der Waals surface area contributed by atoms with Crippen LogP contribution in [0.1, 0.15) is 37.7 Å². The molecule has 0 bridgehead atoms. The van der Waals surface area contributed by atoms with Gasteiger partial charge >= 0.3 is 12.1 Å². The molecule has 3 aromatic rings. The fourth-order valence-corrected chi connectivity index (χ4v) is 3.15. The molecule has 7 nitrogen and oxygen atoms in total. The van der Waals surface area contributed by atoms with Crippen molar-refractivity contribution in [2.45, 2.75) is 20.0 Å². The number of esters is 1. The topological polar surface area (TPSA) is 90.3 Å². The van der Waals surface area contributed by atoms with E-state index in [0.717, 1.165) is 12.1 Å². The van der Waals surface area contributed by atoms with Crippen LogP contribution in [0.5, 0.6) is 0 Å². The van der Waals surface area contributed by atoms with E-state index in [1.165, 1.54) is 62.0 Å². The lowest BCUT2D eigenvalue weighted by atomic mass is 10.1. The van der Waals surface area contributed by atoms with Crippen molar-refractivity contribution in [2.24, 2.45) is 0 Å². The average molecular weight is 445 g/mol. The van der Waals surface area contributed by atoms with Crippen LogP contribution in [0.25, 0.3) is 5.69 Å². The average Bonchev–Trinajstić information content (AvgIpc) is 3.06. The number of rotatable bonds is 5. The number of methoxy groups -OCH3 is 1. The molecule has 10 heteroatoms. The highest BCUT2D eigenvalue weighted by Gasteiger charge is 2.31. The number of carbonyl (C=O) groups excluding carboxylic acids is 3. The molecule has 2 aromatic carbocycles. The maximum Gasteiger partial charge on any atom is 0.416 e. The van der Waals surface area contributed by atoms with Gasteiger partial charge in [-0.2, -0.15) is 18.3 Å². The number of hydrogen-bond donors (Lipinski definition) is 1. The molecule has 1 heterocycles. The van der Waals surface area contributed by atoms with Gasteiger partial charge in [0.25, 0.3) is 11.7 Å². The third-order valence-electron chi connectivity index (χ3n) is 4.71. The van der Waals surface area contributed by atoms with Crippen LogP contribution < -0.4 is 5.32 Å². The first-order valence-corrected chi connectivity index (χ1v) is 9.31. The zero-order valence-electron chi connectivity index (χ0n) is 17.3. The predicted molar refractivity (Wildman–Crippen MR) is 109 cm³/mol. The highest BCUT2D eigenvalue weighted by atomic mass is 19.4. The largest absolute Gasteiger partial charge is 0.465 e. The second-order valence-corrected chi connectivity index (χ2v) is 6.86. The minimum absolute atomic E-state index is 0.00825. The first-order valence-electron chi connectivity index (χ1n) is 9.31. The van der Waals surface area contributed by atoms with Crippen molar-refractivity contribution in [2.75, 3.05) is 12.4 Å². The lowest BCUT2D eigenvalue weighted by Crippen LogP contribution is -2.24. The molecule has 0 fully saturated rings. The number of nitrogens with zero attached hydrogens (tertiary/aromatic N) is 2. The van der Waals surface area contributed by atoms with E-state index in [1.54, 1.807) is 0 Å². The maximum atomic E-state index is 13.0. The molecule has 0 aliphatic rings. The number of hydrogen-bond acceptors (Lipinski definition) is 5. The van der Waals surface area contributed by atoms with E-state index < -0.39 is 29.4 Å². The number of ketones is 1. The van der Waals surface area contributed by atoms with E-state index >= 15 is 0 Å². The van der Waals surface area contributed by atoms with Gasteiger partial charge in [-0.1, -0.05) is 6.07 Å². The van der Waals surface area contributed by atoms with Crippen molar-refractivity contribution in [1.29, 1.82) is 0 Å². The molecule has 0 unspecified atom stereocenters. The summed E-state index contributed by atoms with van der Waals surface area (Å²) in [6.45, 7) is 2.98. The summed E-state index contributed by atoms with van der Waals surface area (Å²) in [5.74, 6) is -2.40. The van der Waals surface area contributed by atoms with E-state index in [9.17, 15) is 27.6 Å². The van der Waals surface area contributed by atoms with Crippen LogP contribution in [0.2, 0.25) is 0 Å². The van der Waals surface area contributed by atoms with Gasteiger partial charge in [-0.05, 0) is 56.3 Å². The van der Waals surface area contributed by atoms with E-state index in [1.807, 2.05) is 0 Å². The fourth-order valence-electron chi connectivity index (χ4n) is 3.15. The second kappa shape index (κ2) is 8.66. The molecule has 0 spiro atoms. The Bertz CT molecular complexity index is 1200. The number of nitrogens with one attached hydrogen (secondary N) is 1. The summed E-state index contributed by atoms with van der Waals surface area (Å²) in [5, 5.41) is 6.58. The third kappa shape index (κ3) is 4.53. The van der Waals surface area contributed by atoms with Crippen molar-refractivity contribution < 1.29 is 32.3 Å². The van der Waals surface area contributed by atoms with Gasteiger partial charge in [0.15, 0.2) is 0 Å². The van der Waals surface area contributed by atoms with Crippen molar-refractivity contribution in [3.05, 3.63) is 76.6 Å². The monoisotopic (exact) mass is 445 g/mol. The highest BCUT2D eigenvalue weighted by molar-refractivity contribution is 6.47. The quantitative estimate of drug-likeness (QED) is 0.363. The van der Waals surface area contributed by atoms with E-state index in [2.05, 4.69) is 15.2 Å². The zero-order chi connectivity index (χ0) is 23.6. The van der Waals surface area contributed by atoms with Crippen LogP contribution in [0, 0.1) is 13.8 Å². The minimum atomic E-state index is -4.53. The van der Waals surface area contributed by atoms with Crippen molar-refractivity contribution in [3.8, 4) is 5.69 Å². The Hall–Kier alpha value is -3.95. The maximum absolute atomic E-state index is 13.0. The number of anilines is 1. The SMILES string of the molecule is COC(=O)c1ccc(NC(=O)C(=O)c2c(C)nn(-c3cccc(C(F)(F)F)c3)c2C)cc1. The first-order chi connectivity index (χ1) is 15.0. The summed E-state index contributed by atoms with van der Waals surface area (Å²) in [5.41, 5.74) is 0.208. The highest BCUT2D eigenvalue weighted by Crippen LogP contribution is 2.31. The van der Waals surface area contributed by atoms with E-state index in [0.29, 0.717) is 0 Å². The number of amides is 1. The van der Waals surface area contributed by atoms with Crippen molar-refractivity contribution in [1.82, 2.24) is 9.78 Å². The number of halogens is 3. The summed E-state index contributed by atoms with van der Waals surface area (Å²) >= 11 is 0. The minimum Gasteiger partial charge on any atom is -0.465 e. The van der Waals surface area contributed by atoms with Gasteiger partial charge in [-0.25, -0.2) is 9.48 Å². The van der Waals surface area contributed by atoms with E-state index in [-0.39, 0.29) is 33.9 Å². The molecule has 0 atom stereocenters.